The first-order valence-corrected chi connectivity index (χ1v) is 4.79. The van der Waals surface area contributed by atoms with E-state index in [1.54, 1.807) is 0 Å². The zero-order valence-electron chi connectivity index (χ0n) is 8.42. The Morgan fingerprint density at radius 3 is 2.79 bits per heavy atom. The molecule has 0 bridgehead atoms. The van der Waals surface area contributed by atoms with Crippen molar-refractivity contribution < 1.29 is 4.74 Å². The van der Waals surface area contributed by atoms with Crippen molar-refractivity contribution in [2.75, 3.05) is 18.1 Å². The van der Waals surface area contributed by atoms with Crippen molar-refractivity contribution in [2.45, 2.75) is 26.0 Å². The molecule has 2 heterocycles. The van der Waals surface area contributed by atoms with Gasteiger partial charge in [0.05, 0.1) is 18.8 Å². The quantitative estimate of drug-likeness (QED) is 0.651. The van der Waals surface area contributed by atoms with E-state index in [4.69, 9.17) is 4.74 Å². The average Bonchev–Trinajstić information content (AvgIpc) is 2.23. The van der Waals surface area contributed by atoms with Crippen LogP contribution in [0.25, 0.3) is 0 Å². The van der Waals surface area contributed by atoms with Gasteiger partial charge in [-0.1, -0.05) is 0 Å². The van der Waals surface area contributed by atoms with Crippen LogP contribution in [-0.2, 0) is 4.74 Å². The maximum absolute atomic E-state index is 5.53. The van der Waals surface area contributed by atoms with Gasteiger partial charge >= 0.3 is 0 Å². The molecule has 0 saturated carbocycles. The van der Waals surface area contributed by atoms with Crippen molar-refractivity contribution in [3.05, 3.63) is 12.7 Å². The summed E-state index contributed by atoms with van der Waals surface area (Å²) in [7, 11) is 0. The van der Waals surface area contributed by atoms with Gasteiger partial charge in [0.2, 0.25) is 5.95 Å². The normalized spacial score (nSPS) is 27.7. The van der Waals surface area contributed by atoms with Gasteiger partial charge in [0, 0.05) is 6.54 Å². The van der Waals surface area contributed by atoms with Crippen molar-refractivity contribution in [1.82, 2.24) is 15.0 Å². The van der Waals surface area contributed by atoms with Gasteiger partial charge in [-0.15, -0.1) is 0 Å². The molecule has 1 fully saturated rings. The fourth-order valence-electron chi connectivity index (χ4n) is 1.60. The number of nitrogens with zero attached hydrogens (tertiary/aromatic N) is 4. The third-order valence-corrected chi connectivity index (χ3v) is 2.62. The van der Waals surface area contributed by atoms with E-state index < -0.39 is 0 Å². The van der Waals surface area contributed by atoms with Crippen LogP contribution < -0.4 is 4.90 Å². The highest BCUT2D eigenvalue weighted by molar-refractivity contribution is 5.30. The van der Waals surface area contributed by atoms with Crippen LogP contribution >= 0.6 is 0 Å². The summed E-state index contributed by atoms with van der Waals surface area (Å²) in [6, 6.07) is 0.311. The Morgan fingerprint density at radius 1 is 1.36 bits per heavy atom. The maximum Gasteiger partial charge on any atom is 0.228 e. The van der Waals surface area contributed by atoms with E-state index in [2.05, 4.69) is 33.7 Å². The van der Waals surface area contributed by atoms with Crippen LogP contribution in [0.3, 0.4) is 0 Å². The molecular formula is C9H14N4O. The minimum Gasteiger partial charge on any atom is -0.375 e. The highest BCUT2D eigenvalue weighted by atomic mass is 16.5. The van der Waals surface area contributed by atoms with E-state index in [1.807, 2.05) is 0 Å². The third kappa shape index (κ3) is 1.68. The largest absolute Gasteiger partial charge is 0.375 e. The molecule has 0 spiro atoms. The summed E-state index contributed by atoms with van der Waals surface area (Å²) in [5, 5.41) is 0. The standard InChI is InChI=1S/C9H14N4O/c1-7-8(2)14-4-3-13(7)9-11-5-10-6-12-9/h5-8H,3-4H2,1-2H3/t7-,8-/m0/s1. The highest BCUT2D eigenvalue weighted by Gasteiger charge is 2.26. The molecule has 1 aromatic rings. The van der Waals surface area contributed by atoms with E-state index in [0.29, 0.717) is 6.04 Å². The number of hydrogen-bond donors (Lipinski definition) is 0. The molecule has 0 aliphatic carbocycles. The number of ether oxygens (including phenoxy) is 1. The first-order chi connectivity index (χ1) is 6.79. The Bertz CT molecular complexity index is 292. The van der Waals surface area contributed by atoms with E-state index in [0.717, 1.165) is 19.1 Å². The number of anilines is 1. The summed E-state index contributed by atoms with van der Waals surface area (Å²) in [6.07, 6.45) is 3.27. The molecule has 2 atom stereocenters. The molecule has 14 heavy (non-hydrogen) atoms. The second-order valence-electron chi connectivity index (χ2n) is 3.45. The number of morpholine rings is 1. The topological polar surface area (TPSA) is 51.1 Å². The number of aromatic nitrogens is 3. The molecule has 5 nitrogen and oxygen atoms in total. The first kappa shape index (κ1) is 9.33. The lowest BCUT2D eigenvalue weighted by Crippen LogP contribution is -2.49. The number of rotatable bonds is 1. The van der Waals surface area contributed by atoms with Gasteiger partial charge in [-0.3, -0.25) is 0 Å². The lowest BCUT2D eigenvalue weighted by Gasteiger charge is -2.37. The van der Waals surface area contributed by atoms with Gasteiger partial charge in [-0.25, -0.2) is 15.0 Å². The molecule has 0 aromatic carbocycles. The summed E-state index contributed by atoms with van der Waals surface area (Å²) in [5.74, 6) is 0.739. The van der Waals surface area contributed by atoms with Gasteiger partial charge < -0.3 is 9.64 Å². The molecule has 1 aliphatic heterocycles. The molecule has 1 aromatic heterocycles. The van der Waals surface area contributed by atoms with E-state index in [-0.39, 0.29) is 6.10 Å². The van der Waals surface area contributed by atoms with Gasteiger partial charge in [-0.2, -0.15) is 0 Å². The molecule has 0 radical (unpaired) electrons. The van der Waals surface area contributed by atoms with E-state index >= 15 is 0 Å². The minimum atomic E-state index is 0.223. The highest BCUT2D eigenvalue weighted by Crippen LogP contribution is 2.17. The predicted octanol–water partition coefficient (Wildman–Crippen LogP) is 0.485. The summed E-state index contributed by atoms with van der Waals surface area (Å²) in [5.41, 5.74) is 0. The van der Waals surface area contributed by atoms with Crippen LogP contribution in [0.2, 0.25) is 0 Å². The van der Waals surface area contributed by atoms with Gasteiger partial charge in [0.1, 0.15) is 12.7 Å². The molecule has 0 amide bonds. The summed E-state index contributed by atoms with van der Waals surface area (Å²) in [6.45, 7) is 5.76. The Hall–Kier alpha value is -1.23. The summed E-state index contributed by atoms with van der Waals surface area (Å²) >= 11 is 0. The van der Waals surface area contributed by atoms with Gasteiger partial charge in [0.15, 0.2) is 0 Å². The Kier molecular flexibility index (Phi) is 2.58. The Morgan fingerprint density at radius 2 is 2.07 bits per heavy atom. The minimum absolute atomic E-state index is 0.223. The second-order valence-corrected chi connectivity index (χ2v) is 3.45. The monoisotopic (exact) mass is 194 g/mol. The zero-order chi connectivity index (χ0) is 9.97. The maximum atomic E-state index is 5.53. The van der Waals surface area contributed by atoms with Crippen LogP contribution in [0, 0.1) is 0 Å². The Labute approximate surface area is 83.1 Å². The van der Waals surface area contributed by atoms with Crippen LogP contribution in [-0.4, -0.2) is 40.2 Å². The SMILES string of the molecule is C[C@@H]1OCCN(c2ncncn2)[C@H]1C. The summed E-state index contributed by atoms with van der Waals surface area (Å²) < 4.78 is 5.53. The Balaban J connectivity index is 2.17. The molecule has 1 saturated heterocycles. The smallest absolute Gasteiger partial charge is 0.228 e. The molecule has 2 rings (SSSR count). The predicted molar refractivity (Wildman–Crippen MR) is 52.0 cm³/mol. The van der Waals surface area contributed by atoms with Crippen molar-refractivity contribution in [3.8, 4) is 0 Å². The van der Waals surface area contributed by atoms with Crippen molar-refractivity contribution in [3.63, 3.8) is 0 Å². The zero-order valence-corrected chi connectivity index (χ0v) is 8.42. The third-order valence-electron chi connectivity index (χ3n) is 2.62. The molecule has 76 valence electrons. The summed E-state index contributed by atoms with van der Waals surface area (Å²) in [4.78, 5) is 14.2. The van der Waals surface area contributed by atoms with Crippen LogP contribution in [0.5, 0.6) is 0 Å². The van der Waals surface area contributed by atoms with E-state index in [9.17, 15) is 0 Å². The molecule has 0 unspecified atom stereocenters. The fraction of sp³-hybridized carbons (Fsp3) is 0.667. The van der Waals surface area contributed by atoms with Gasteiger partial charge in [-0.05, 0) is 13.8 Å². The van der Waals surface area contributed by atoms with E-state index in [1.165, 1.54) is 12.7 Å². The molecule has 0 N–H and O–H groups in total. The average molecular weight is 194 g/mol. The molecular weight excluding hydrogens is 180 g/mol. The molecule has 5 heteroatoms. The van der Waals surface area contributed by atoms with Crippen molar-refractivity contribution in [2.24, 2.45) is 0 Å². The van der Waals surface area contributed by atoms with Crippen molar-refractivity contribution in [1.29, 1.82) is 0 Å². The first-order valence-electron chi connectivity index (χ1n) is 4.79. The fourth-order valence-corrected chi connectivity index (χ4v) is 1.60. The van der Waals surface area contributed by atoms with Crippen LogP contribution in [0.15, 0.2) is 12.7 Å². The number of hydrogen-bond acceptors (Lipinski definition) is 5. The lowest BCUT2D eigenvalue weighted by molar-refractivity contribution is 0.0277. The second kappa shape index (κ2) is 3.88. The lowest BCUT2D eigenvalue weighted by atomic mass is 10.1. The molecule has 1 aliphatic rings. The van der Waals surface area contributed by atoms with Crippen LogP contribution in [0.4, 0.5) is 5.95 Å². The van der Waals surface area contributed by atoms with Gasteiger partial charge in [0.25, 0.3) is 0 Å². The van der Waals surface area contributed by atoms with Crippen LogP contribution in [0.1, 0.15) is 13.8 Å². The van der Waals surface area contributed by atoms with Crippen molar-refractivity contribution >= 4 is 5.95 Å².